The molecule has 0 aliphatic rings. The highest BCUT2D eigenvalue weighted by molar-refractivity contribution is 7.08. The van der Waals surface area contributed by atoms with Crippen LogP contribution in [0.3, 0.4) is 0 Å². The molecular weight excluding hydrogens is 430 g/mol. The molecule has 32 heavy (non-hydrogen) atoms. The molecule has 0 spiro atoms. The molecule has 1 amide bonds. The van der Waals surface area contributed by atoms with Crippen molar-refractivity contribution < 1.29 is 18.7 Å². The maximum Gasteiger partial charge on any atom is 0.358 e. The Bertz CT molecular complexity index is 1200. The molecule has 0 saturated carbocycles. The summed E-state index contributed by atoms with van der Waals surface area (Å²) in [5.41, 5.74) is 2.80. The van der Waals surface area contributed by atoms with Crippen molar-refractivity contribution >= 4 is 23.2 Å². The van der Waals surface area contributed by atoms with E-state index >= 15 is 0 Å². The molecule has 0 aliphatic carbocycles. The minimum Gasteiger partial charge on any atom is -0.461 e. The third kappa shape index (κ3) is 5.27. The second-order valence-electron chi connectivity index (χ2n) is 6.83. The number of benzene rings is 1. The highest BCUT2D eigenvalue weighted by atomic mass is 32.1. The third-order valence-corrected chi connectivity index (χ3v) is 5.22. The van der Waals surface area contributed by atoms with Crippen LogP contribution in [0.25, 0.3) is 17.1 Å². The molecule has 1 N–H and O–H groups in total. The average molecular weight is 452 g/mol. The maximum absolute atomic E-state index is 12.3. The highest BCUT2D eigenvalue weighted by Gasteiger charge is 2.12. The third-order valence-electron chi connectivity index (χ3n) is 4.54. The molecule has 4 aromatic rings. The fourth-order valence-electron chi connectivity index (χ4n) is 2.96. The molecule has 0 aliphatic heterocycles. The predicted molar refractivity (Wildman–Crippen MR) is 117 cm³/mol. The summed E-state index contributed by atoms with van der Waals surface area (Å²) in [7, 11) is 0. The van der Waals surface area contributed by atoms with Gasteiger partial charge in [-0.15, -0.1) is 10.2 Å². The number of hydrogen-bond acceptors (Lipinski definition) is 8. The zero-order valence-corrected chi connectivity index (χ0v) is 18.2. The fourth-order valence-corrected chi connectivity index (χ4v) is 3.59. The minimum atomic E-state index is -0.460. The van der Waals surface area contributed by atoms with Crippen molar-refractivity contribution in [3.8, 4) is 17.1 Å². The number of aromatic nitrogens is 4. The largest absolute Gasteiger partial charge is 0.461 e. The predicted octanol–water partition coefficient (Wildman–Crippen LogP) is 3.41. The van der Waals surface area contributed by atoms with Crippen molar-refractivity contribution in [1.29, 1.82) is 0 Å². The van der Waals surface area contributed by atoms with Crippen LogP contribution in [0, 0.1) is 0 Å². The normalized spacial score (nSPS) is 10.8. The molecule has 0 atom stereocenters. The molecule has 1 aromatic carbocycles. The van der Waals surface area contributed by atoms with Gasteiger partial charge in [-0.05, 0) is 42.1 Å². The molecule has 0 bridgehead atoms. The van der Waals surface area contributed by atoms with E-state index in [1.165, 1.54) is 0 Å². The van der Waals surface area contributed by atoms with E-state index in [2.05, 4.69) is 20.6 Å². The van der Waals surface area contributed by atoms with Gasteiger partial charge in [0.15, 0.2) is 5.69 Å². The summed E-state index contributed by atoms with van der Waals surface area (Å²) in [5.74, 6) is 0.315. The Hall–Kier alpha value is -3.79. The monoisotopic (exact) mass is 451 g/mol. The van der Waals surface area contributed by atoms with Crippen LogP contribution in [0.5, 0.6) is 0 Å². The van der Waals surface area contributed by atoms with Gasteiger partial charge in [0.1, 0.15) is 0 Å². The van der Waals surface area contributed by atoms with Crippen molar-refractivity contribution in [3.63, 3.8) is 0 Å². The number of aryl methyl sites for hydroxylation is 1. The minimum absolute atomic E-state index is 0.116. The van der Waals surface area contributed by atoms with Gasteiger partial charge in [-0.2, -0.15) is 16.4 Å². The van der Waals surface area contributed by atoms with Gasteiger partial charge >= 0.3 is 5.97 Å². The molecular formula is C22H21N5O4S. The summed E-state index contributed by atoms with van der Waals surface area (Å²) < 4.78 is 12.2. The van der Waals surface area contributed by atoms with E-state index in [1.54, 1.807) is 35.2 Å². The van der Waals surface area contributed by atoms with E-state index in [-0.39, 0.29) is 18.0 Å². The molecule has 10 heteroatoms. The Balaban J connectivity index is 1.29. The van der Waals surface area contributed by atoms with Gasteiger partial charge in [0, 0.05) is 36.5 Å². The van der Waals surface area contributed by atoms with Gasteiger partial charge in [0.2, 0.25) is 17.7 Å². The fraction of sp³-hybridized carbons (Fsp3) is 0.227. The van der Waals surface area contributed by atoms with Gasteiger partial charge in [-0.1, -0.05) is 12.1 Å². The lowest BCUT2D eigenvalue weighted by Gasteiger charge is -2.07. The number of rotatable bonds is 9. The van der Waals surface area contributed by atoms with Crippen molar-refractivity contribution in [3.05, 3.63) is 70.5 Å². The first-order valence-electron chi connectivity index (χ1n) is 10.1. The topological polar surface area (TPSA) is 112 Å². The number of ether oxygens (including phenoxy) is 1. The summed E-state index contributed by atoms with van der Waals surface area (Å²) in [5, 5.41) is 19.0. The van der Waals surface area contributed by atoms with Crippen molar-refractivity contribution in [2.24, 2.45) is 0 Å². The van der Waals surface area contributed by atoms with Crippen LogP contribution in [-0.4, -0.2) is 38.5 Å². The van der Waals surface area contributed by atoms with E-state index < -0.39 is 5.97 Å². The molecule has 0 fully saturated rings. The average Bonchev–Trinajstić information content (AvgIpc) is 3.57. The second kappa shape index (κ2) is 10.0. The molecule has 0 saturated heterocycles. The number of thiophene rings is 1. The number of esters is 1. The van der Waals surface area contributed by atoms with E-state index in [4.69, 9.17) is 9.15 Å². The quantitative estimate of drug-likeness (QED) is 0.388. The first-order valence-corrected chi connectivity index (χ1v) is 11.0. The Labute approximate surface area is 188 Å². The maximum atomic E-state index is 12.3. The molecule has 3 aromatic heterocycles. The number of carbonyl (C=O) groups is 2. The summed E-state index contributed by atoms with van der Waals surface area (Å²) >= 11 is 1.55. The smallest absolute Gasteiger partial charge is 0.358 e. The Morgan fingerprint density at radius 2 is 2.12 bits per heavy atom. The van der Waals surface area contributed by atoms with Crippen LogP contribution >= 0.6 is 11.3 Å². The number of hydrogen-bond donors (Lipinski definition) is 1. The summed E-state index contributed by atoms with van der Waals surface area (Å²) in [6.45, 7) is 2.41. The van der Waals surface area contributed by atoms with Crippen molar-refractivity contribution in [2.45, 2.75) is 26.3 Å². The van der Waals surface area contributed by atoms with E-state index in [9.17, 15) is 9.59 Å². The van der Waals surface area contributed by atoms with Gasteiger partial charge in [0.25, 0.3) is 0 Å². The van der Waals surface area contributed by atoms with Crippen LogP contribution in [0.2, 0.25) is 0 Å². The Morgan fingerprint density at radius 1 is 1.22 bits per heavy atom. The summed E-state index contributed by atoms with van der Waals surface area (Å²) in [6, 6.07) is 11.1. The first kappa shape index (κ1) is 21.4. The lowest BCUT2D eigenvalue weighted by molar-refractivity contribution is -0.121. The Morgan fingerprint density at radius 3 is 2.94 bits per heavy atom. The van der Waals surface area contributed by atoms with Gasteiger partial charge in [-0.25, -0.2) is 9.48 Å². The lowest BCUT2D eigenvalue weighted by Crippen LogP contribution is -2.23. The lowest BCUT2D eigenvalue weighted by atomic mass is 10.2. The standard InChI is InChI=1S/C22H21N5O4S/c1-2-30-22(29)18-8-10-27(26-18)17-5-3-4-15(12-17)13-23-19(28)6-7-20-24-25-21(31-20)16-9-11-32-14-16/h3-5,8-12,14H,2,6-7,13H2,1H3,(H,23,28). The van der Waals surface area contributed by atoms with E-state index in [0.717, 1.165) is 16.8 Å². The molecule has 4 rings (SSSR count). The zero-order chi connectivity index (χ0) is 22.3. The molecule has 0 radical (unpaired) electrons. The van der Waals surface area contributed by atoms with Gasteiger partial charge in [-0.3, -0.25) is 4.79 Å². The molecule has 9 nitrogen and oxygen atoms in total. The SMILES string of the molecule is CCOC(=O)c1ccn(-c2cccc(CNC(=O)CCc3nnc(-c4ccsc4)o3)c2)n1. The Kier molecular flexibility index (Phi) is 6.71. The molecule has 164 valence electrons. The number of amides is 1. The number of nitrogens with zero attached hydrogens (tertiary/aromatic N) is 4. The first-order chi connectivity index (χ1) is 15.6. The number of carbonyl (C=O) groups excluding carboxylic acids is 2. The van der Waals surface area contributed by atoms with Gasteiger partial charge < -0.3 is 14.5 Å². The van der Waals surface area contributed by atoms with Crippen LogP contribution in [0.15, 0.2) is 57.8 Å². The van der Waals surface area contributed by atoms with Gasteiger partial charge in [0.05, 0.1) is 12.3 Å². The van der Waals surface area contributed by atoms with E-state index in [1.807, 2.05) is 41.1 Å². The molecule has 0 unspecified atom stereocenters. The summed E-state index contributed by atoms with van der Waals surface area (Å²) in [6.07, 6.45) is 2.30. The van der Waals surface area contributed by atoms with Crippen LogP contribution in [0.1, 0.15) is 35.3 Å². The zero-order valence-electron chi connectivity index (χ0n) is 17.4. The van der Waals surface area contributed by atoms with Crippen LogP contribution in [0.4, 0.5) is 0 Å². The van der Waals surface area contributed by atoms with Crippen molar-refractivity contribution in [1.82, 2.24) is 25.3 Å². The van der Waals surface area contributed by atoms with Crippen molar-refractivity contribution in [2.75, 3.05) is 6.61 Å². The summed E-state index contributed by atoms with van der Waals surface area (Å²) in [4.78, 5) is 24.1. The second-order valence-corrected chi connectivity index (χ2v) is 7.61. The molecule has 3 heterocycles. The number of nitrogens with one attached hydrogen (secondary N) is 1. The van der Waals surface area contributed by atoms with Crippen LogP contribution in [-0.2, 0) is 22.5 Å². The van der Waals surface area contributed by atoms with E-state index in [0.29, 0.717) is 31.4 Å². The highest BCUT2D eigenvalue weighted by Crippen LogP contribution is 2.20. The van der Waals surface area contributed by atoms with Crippen LogP contribution < -0.4 is 5.32 Å².